The molecule has 130 valence electrons. The molecule has 0 atom stereocenters. The molecule has 1 saturated carbocycles. The summed E-state index contributed by atoms with van der Waals surface area (Å²) in [6, 6.07) is 0.455. The molecule has 5 nitrogen and oxygen atoms in total. The second kappa shape index (κ2) is 7.47. The predicted molar refractivity (Wildman–Crippen MR) is 97.8 cm³/mol. The molecule has 0 spiro atoms. The van der Waals surface area contributed by atoms with E-state index in [-0.39, 0.29) is 12.1 Å². The highest BCUT2D eigenvalue weighted by Gasteiger charge is 2.22. The van der Waals surface area contributed by atoms with Gasteiger partial charge in [-0.3, -0.25) is 0 Å². The normalized spacial score (nSPS) is 16.3. The first-order chi connectivity index (χ1) is 11.6. The van der Waals surface area contributed by atoms with Crippen LogP contribution in [0.1, 0.15) is 67.6 Å². The molecule has 0 aromatic carbocycles. The van der Waals surface area contributed by atoms with Crippen LogP contribution in [0.2, 0.25) is 0 Å². The molecule has 0 unspecified atom stereocenters. The molecule has 6 heteroatoms. The van der Waals surface area contributed by atoms with Crippen molar-refractivity contribution in [1.82, 2.24) is 9.97 Å². The third-order valence-electron chi connectivity index (χ3n) is 4.45. The van der Waals surface area contributed by atoms with Crippen molar-refractivity contribution in [2.75, 3.05) is 5.32 Å². The van der Waals surface area contributed by atoms with Gasteiger partial charge in [-0.15, -0.1) is 11.3 Å². The quantitative estimate of drug-likeness (QED) is 0.641. The van der Waals surface area contributed by atoms with E-state index < -0.39 is 0 Å². The summed E-state index contributed by atoms with van der Waals surface area (Å²) in [5.74, 6) is 0.579. The first kappa shape index (κ1) is 17.1. The van der Waals surface area contributed by atoms with Crippen LogP contribution >= 0.6 is 11.3 Å². The number of aryl methyl sites for hydroxylation is 1. The number of rotatable bonds is 4. The SMILES string of the molecule is Cc1c(C(=O)OC(C)C)sc2ncnc(NC3CCCCCC3)c12. The Morgan fingerprint density at radius 2 is 1.96 bits per heavy atom. The first-order valence-corrected chi connectivity index (χ1v) is 9.59. The van der Waals surface area contributed by atoms with Crippen LogP contribution in [-0.4, -0.2) is 28.1 Å². The standard InChI is InChI=1S/C18H25N3O2S/c1-11(2)23-18(22)15-12(3)14-16(19-10-20-17(14)24-15)21-13-8-6-4-5-7-9-13/h10-11,13H,4-9H2,1-3H3,(H,19,20,21). The number of nitrogens with zero attached hydrogens (tertiary/aromatic N) is 2. The summed E-state index contributed by atoms with van der Waals surface area (Å²) in [4.78, 5) is 22.6. The maximum atomic E-state index is 12.3. The monoisotopic (exact) mass is 347 g/mol. The summed E-state index contributed by atoms with van der Waals surface area (Å²) >= 11 is 1.39. The van der Waals surface area contributed by atoms with Crippen LogP contribution in [0.5, 0.6) is 0 Å². The molecule has 3 rings (SSSR count). The first-order valence-electron chi connectivity index (χ1n) is 8.78. The molecule has 0 aliphatic heterocycles. The number of hydrogen-bond donors (Lipinski definition) is 1. The molecule has 1 fully saturated rings. The van der Waals surface area contributed by atoms with E-state index >= 15 is 0 Å². The van der Waals surface area contributed by atoms with Crippen LogP contribution in [0, 0.1) is 6.92 Å². The highest BCUT2D eigenvalue weighted by Crippen LogP contribution is 2.34. The van der Waals surface area contributed by atoms with E-state index in [4.69, 9.17) is 4.74 Å². The van der Waals surface area contributed by atoms with Crippen LogP contribution in [-0.2, 0) is 4.74 Å². The zero-order valence-electron chi connectivity index (χ0n) is 14.6. The van der Waals surface area contributed by atoms with E-state index in [2.05, 4.69) is 15.3 Å². The minimum absolute atomic E-state index is 0.128. The summed E-state index contributed by atoms with van der Waals surface area (Å²) in [5.41, 5.74) is 0.914. The van der Waals surface area contributed by atoms with Crippen molar-refractivity contribution >= 4 is 33.3 Å². The lowest BCUT2D eigenvalue weighted by molar-refractivity contribution is 0.0383. The van der Waals surface area contributed by atoms with Crippen LogP contribution in [0.25, 0.3) is 10.2 Å². The highest BCUT2D eigenvalue weighted by atomic mass is 32.1. The molecule has 0 saturated heterocycles. The van der Waals surface area contributed by atoms with Gasteiger partial charge in [0.05, 0.1) is 11.5 Å². The van der Waals surface area contributed by atoms with Crippen LogP contribution in [0.15, 0.2) is 6.33 Å². The fraction of sp³-hybridized carbons (Fsp3) is 0.611. The second-order valence-electron chi connectivity index (χ2n) is 6.75. The number of fused-ring (bicyclic) bond motifs is 1. The van der Waals surface area contributed by atoms with E-state index in [1.807, 2.05) is 20.8 Å². The number of esters is 1. The minimum atomic E-state index is -0.272. The van der Waals surface area contributed by atoms with Crippen molar-refractivity contribution < 1.29 is 9.53 Å². The van der Waals surface area contributed by atoms with Crippen molar-refractivity contribution in [2.45, 2.75) is 71.4 Å². The molecule has 24 heavy (non-hydrogen) atoms. The highest BCUT2D eigenvalue weighted by molar-refractivity contribution is 7.20. The second-order valence-corrected chi connectivity index (χ2v) is 7.74. The lowest BCUT2D eigenvalue weighted by Crippen LogP contribution is -2.19. The van der Waals surface area contributed by atoms with Crippen LogP contribution in [0.3, 0.4) is 0 Å². The van der Waals surface area contributed by atoms with Crippen LogP contribution in [0.4, 0.5) is 5.82 Å². The lowest BCUT2D eigenvalue weighted by Gasteiger charge is -2.17. The van der Waals surface area contributed by atoms with Gasteiger partial charge in [-0.1, -0.05) is 25.7 Å². The van der Waals surface area contributed by atoms with E-state index in [0.717, 1.165) is 21.6 Å². The molecule has 2 aromatic rings. The Hall–Kier alpha value is -1.69. The molecule has 0 bridgehead atoms. The van der Waals surface area contributed by atoms with Crippen molar-refractivity contribution in [3.63, 3.8) is 0 Å². The van der Waals surface area contributed by atoms with Gasteiger partial charge in [0, 0.05) is 6.04 Å². The molecule has 1 aliphatic rings. The van der Waals surface area contributed by atoms with Gasteiger partial charge in [-0.2, -0.15) is 0 Å². The predicted octanol–water partition coefficient (Wildman–Crippen LogP) is 4.70. The van der Waals surface area contributed by atoms with Gasteiger partial charge >= 0.3 is 5.97 Å². The summed E-state index contributed by atoms with van der Waals surface area (Å²) in [5, 5.41) is 4.56. The summed E-state index contributed by atoms with van der Waals surface area (Å²) < 4.78 is 5.36. The molecule has 1 N–H and O–H groups in total. The van der Waals surface area contributed by atoms with Gasteiger partial charge in [0.25, 0.3) is 0 Å². The number of aromatic nitrogens is 2. The third kappa shape index (κ3) is 3.69. The van der Waals surface area contributed by atoms with Gasteiger partial charge in [0.2, 0.25) is 0 Å². The van der Waals surface area contributed by atoms with E-state index in [1.165, 1.54) is 49.9 Å². The van der Waals surface area contributed by atoms with Gasteiger partial charge in [-0.05, 0) is 39.2 Å². The molecule has 2 aromatic heterocycles. The zero-order chi connectivity index (χ0) is 17.1. The lowest BCUT2D eigenvalue weighted by atomic mass is 10.1. The molecule has 0 amide bonds. The van der Waals surface area contributed by atoms with E-state index in [1.54, 1.807) is 6.33 Å². The fourth-order valence-corrected chi connectivity index (χ4v) is 4.29. The van der Waals surface area contributed by atoms with Gasteiger partial charge < -0.3 is 10.1 Å². The maximum Gasteiger partial charge on any atom is 0.348 e. The Morgan fingerprint density at radius 1 is 1.25 bits per heavy atom. The minimum Gasteiger partial charge on any atom is -0.459 e. The fourth-order valence-electron chi connectivity index (χ4n) is 3.26. The van der Waals surface area contributed by atoms with Crippen molar-refractivity contribution in [3.05, 3.63) is 16.8 Å². The average Bonchev–Trinajstić information content (AvgIpc) is 2.71. The smallest absolute Gasteiger partial charge is 0.348 e. The molecular formula is C18H25N3O2S. The number of hydrogen-bond acceptors (Lipinski definition) is 6. The Morgan fingerprint density at radius 3 is 2.62 bits per heavy atom. The molecule has 1 aliphatic carbocycles. The summed E-state index contributed by atoms with van der Waals surface area (Å²) in [7, 11) is 0. The van der Waals surface area contributed by atoms with Gasteiger partial charge in [-0.25, -0.2) is 14.8 Å². The average molecular weight is 347 g/mol. The number of ether oxygens (including phenoxy) is 1. The van der Waals surface area contributed by atoms with Crippen molar-refractivity contribution in [3.8, 4) is 0 Å². The summed E-state index contributed by atoms with van der Waals surface area (Å²) in [6.07, 6.45) is 8.97. The van der Waals surface area contributed by atoms with E-state index in [0.29, 0.717) is 10.9 Å². The third-order valence-corrected chi connectivity index (χ3v) is 5.63. The summed E-state index contributed by atoms with van der Waals surface area (Å²) in [6.45, 7) is 5.68. The number of thiophene rings is 1. The Kier molecular flexibility index (Phi) is 5.33. The largest absolute Gasteiger partial charge is 0.459 e. The van der Waals surface area contributed by atoms with Gasteiger partial charge in [0.15, 0.2) is 0 Å². The van der Waals surface area contributed by atoms with Crippen molar-refractivity contribution in [1.29, 1.82) is 0 Å². The zero-order valence-corrected chi connectivity index (χ0v) is 15.4. The van der Waals surface area contributed by atoms with E-state index in [9.17, 15) is 4.79 Å². The Balaban J connectivity index is 1.91. The number of anilines is 1. The number of carbonyl (C=O) groups is 1. The molecule has 2 heterocycles. The number of carbonyl (C=O) groups excluding carboxylic acids is 1. The molecule has 0 radical (unpaired) electrons. The molecular weight excluding hydrogens is 322 g/mol. The maximum absolute atomic E-state index is 12.3. The Labute approximate surface area is 146 Å². The number of nitrogens with one attached hydrogen (secondary N) is 1. The Bertz CT molecular complexity index is 718. The topological polar surface area (TPSA) is 64.1 Å². The van der Waals surface area contributed by atoms with Crippen molar-refractivity contribution in [2.24, 2.45) is 0 Å². The van der Waals surface area contributed by atoms with Crippen LogP contribution < -0.4 is 5.32 Å². The van der Waals surface area contributed by atoms with Gasteiger partial charge in [0.1, 0.15) is 21.9 Å².